The lowest BCUT2D eigenvalue weighted by Gasteiger charge is -2.16. The number of aryl methyl sites for hydroxylation is 1. The van der Waals surface area contributed by atoms with Gasteiger partial charge in [0.15, 0.2) is 0 Å². The minimum Gasteiger partial charge on any atom is -0.394 e. The number of nitrogens with two attached hydrogens (primary N) is 1. The first-order valence-corrected chi connectivity index (χ1v) is 6.56. The van der Waals surface area contributed by atoms with Crippen molar-refractivity contribution in [2.75, 3.05) is 12.3 Å². The molecule has 0 unspecified atom stereocenters. The van der Waals surface area contributed by atoms with Gasteiger partial charge in [0.1, 0.15) is 30.1 Å². The van der Waals surface area contributed by atoms with Crippen LogP contribution in [0.15, 0.2) is 6.33 Å². The monoisotopic (exact) mass is 278 g/mol. The third-order valence-electron chi connectivity index (χ3n) is 4.04. The number of ether oxygens (including phenoxy) is 1. The number of anilines is 1. The Bertz CT molecular complexity index is 655. The summed E-state index contributed by atoms with van der Waals surface area (Å²) in [6.45, 7) is 3.72. The van der Waals surface area contributed by atoms with E-state index >= 15 is 0 Å². The topological polar surface area (TPSA) is 106 Å². The van der Waals surface area contributed by atoms with Gasteiger partial charge < -0.3 is 25.3 Å². The highest BCUT2D eigenvalue weighted by atomic mass is 16.5. The quantitative estimate of drug-likeness (QED) is 0.728. The molecule has 3 heterocycles. The van der Waals surface area contributed by atoms with E-state index in [2.05, 4.69) is 9.97 Å². The Morgan fingerprint density at radius 2 is 2.20 bits per heavy atom. The third-order valence-corrected chi connectivity index (χ3v) is 4.04. The van der Waals surface area contributed by atoms with Crippen LogP contribution < -0.4 is 5.73 Å². The second-order valence-electron chi connectivity index (χ2n) is 5.15. The van der Waals surface area contributed by atoms with Crippen LogP contribution in [0.2, 0.25) is 0 Å². The lowest BCUT2D eigenvalue weighted by atomic mass is 10.2. The zero-order chi connectivity index (χ0) is 14.4. The fraction of sp³-hybridized carbons (Fsp3) is 0.538. The predicted molar refractivity (Wildman–Crippen MR) is 73.0 cm³/mol. The summed E-state index contributed by atoms with van der Waals surface area (Å²) in [6.07, 6.45) is 0.242. The zero-order valence-corrected chi connectivity index (χ0v) is 11.4. The molecule has 1 aliphatic heterocycles. The van der Waals surface area contributed by atoms with Gasteiger partial charge in [0.2, 0.25) is 0 Å². The van der Waals surface area contributed by atoms with Crippen molar-refractivity contribution in [1.82, 2.24) is 14.5 Å². The molecule has 1 fully saturated rings. The molecule has 7 nitrogen and oxygen atoms in total. The molecule has 108 valence electrons. The second kappa shape index (κ2) is 4.69. The van der Waals surface area contributed by atoms with Crippen LogP contribution in [0.4, 0.5) is 5.82 Å². The second-order valence-corrected chi connectivity index (χ2v) is 5.15. The average Bonchev–Trinajstić information content (AvgIpc) is 2.90. The maximum absolute atomic E-state index is 9.89. The van der Waals surface area contributed by atoms with E-state index in [1.165, 1.54) is 6.33 Å². The maximum Gasteiger partial charge on any atom is 0.148 e. The normalized spacial score (nSPS) is 26.5. The van der Waals surface area contributed by atoms with Gasteiger partial charge in [0.25, 0.3) is 0 Å². The lowest BCUT2D eigenvalue weighted by molar-refractivity contribution is -0.0436. The first kappa shape index (κ1) is 13.3. The summed E-state index contributed by atoms with van der Waals surface area (Å²) in [4.78, 5) is 8.31. The summed E-state index contributed by atoms with van der Waals surface area (Å²) < 4.78 is 7.63. The Kier molecular flexibility index (Phi) is 3.12. The van der Waals surface area contributed by atoms with Crippen molar-refractivity contribution >= 4 is 16.9 Å². The summed E-state index contributed by atoms with van der Waals surface area (Å²) in [5.74, 6) is 0.437. The average molecular weight is 278 g/mol. The molecule has 0 radical (unpaired) electrons. The maximum atomic E-state index is 9.89. The molecule has 7 heteroatoms. The van der Waals surface area contributed by atoms with E-state index in [9.17, 15) is 10.2 Å². The van der Waals surface area contributed by atoms with Crippen molar-refractivity contribution < 1.29 is 14.9 Å². The Hall–Kier alpha value is -1.70. The summed E-state index contributed by atoms with van der Waals surface area (Å²) in [7, 11) is 0. The number of fused-ring (bicyclic) bond motifs is 1. The molecule has 0 aliphatic carbocycles. The van der Waals surface area contributed by atoms with Crippen molar-refractivity contribution in [2.45, 2.75) is 38.7 Å². The van der Waals surface area contributed by atoms with Gasteiger partial charge in [-0.15, -0.1) is 0 Å². The fourth-order valence-electron chi connectivity index (χ4n) is 2.84. The number of aliphatic hydroxyl groups is 2. The molecule has 1 aliphatic rings. The van der Waals surface area contributed by atoms with E-state index in [0.29, 0.717) is 17.9 Å². The van der Waals surface area contributed by atoms with Crippen LogP contribution in [-0.4, -0.2) is 43.6 Å². The van der Waals surface area contributed by atoms with Gasteiger partial charge in [-0.1, -0.05) is 0 Å². The van der Waals surface area contributed by atoms with Gasteiger partial charge in [-0.25, -0.2) is 9.97 Å². The van der Waals surface area contributed by atoms with Crippen LogP contribution in [0.25, 0.3) is 11.0 Å². The number of nitrogens with zero attached hydrogens (tertiary/aromatic N) is 3. The van der Waals surface area contributed by atoms with Gasteiger partial charge in [0.05, 0.1) is 18.1 Å². The number of aromatic nitrogens is 3. The summed E-state index contributed by atoms with van der Waals surface area (Å²) in [5, 5.41) is 19.9. The van der Waals surface area contributed by atoms with E-state index in [0.717, 1.165) is 16.6 Å². The van der Waals surface area contributed by atoms with E-state index in [1.807, 2.05) is 18.4 Å². The number of aliphatic hydroxyl groups excluding tert-OH is 2. The Morgan fingerprint density at radius 1 is 1.45 bits per heavy atom. The molecule has 2 aromatic heterocycles. The molecule has 0 spiro atoms. The van der Waals surface area contributed by atoms with Gasteiger partial charge in [-0.05, 0) is 19.4 Å². The summed E-state index contributed by atoms with van der Waals surface area (Å²) in [5.41, 5.74) is 8.60. The first-order chi connectivity index (χ1) is 9.54. The third kappa shape index (κ3) is 1.78. The summed E-state index contributed by atoms with van der Waals surface area (Å²) in [6, 6.07) is 0. The van der Waals surface area contributed by atoms with Gasteiger partial charge >= 0.3 is 0 Å². The Labute approximate surface area is 116 Å². The first-order valence-electron chi connectivity index (χ1n) is 6.56. The van der Waals surface area contributed by atoms with Crippen molar-refractivity contribution in [3.05, 3.63) is 17.6 Å². The SMILES string of the molecule is Cc1c(C)n([C@H]2C[C@H](O)[C@@H](CO)O2)c2ncnc(N)c12. The fourth-order valence-corrected chi connectivity index (χ4v) is 2.84. The van der Waals surface area contributed by atoms with Crippen LogP contribution in [0, 0.1) is 13.8 Å². The van der Waals surface area contributed by atoms with Crippen LogP contribution in [0.3, 0.4) is 0 Å². The zero-order valence-electron chi connectivity index (χ0n) is 11.4. The molecule has 0 amide bonds. The number of hydrogen-bond donors (Lipinski definition) is 3. The van der Waals surface area contributed by atoms with E-state index in [4.69, 9.17) is 10.5 Å². The summed E-state index contributed by atoms with van der Waals surface area (Å²) >= 11 is 0. The largest absolute Gasteiger partial charge is 0.394 e. The molecule has 0 aromatic carbocycles. The molecular weight excluding hydrogens is 260 g/mol. The molecule has 4 N–H and O–H groups in total. The Morgan fingerprint density at radius 3 is 2.85 bits per heavy atom. The highest BCUT2D eigenvalue weighted by Gasteiger charge is 2.36. The van der Waals surface area contributed by atoms with Crippen LogP contribution in [-0.2, 0) is 4.74 Å². The van der Waals surface area contributed by atoms with E-state index in [-0.39, 0.29) is 12.8 Å². The minimum absolute atomic E-state index is 0.202. The van der Waals surface area contributed by atoms with Gasteiger partial charge in [-0.2, -0.15) is 0 Å². The predicted octanol–water partition coefficient (Wildman–Crippen LogP) is 0.271. The highest BCUT2D eigenvalue weighted by molar-refractivity contribution is 5.90. The number of hydrogen-bond acceptors (Lipinski definition) is 6. The van der Waals surface area contributed by atoms with E-state index < -0.39 is 12.2 Å². The van der Waals surface area contributed by atoms with Crippen LogP contribution >= 0.6 is 0 Å². The molecule has 3 atom stereocenters. The molecular formula is C13H18N4O3. The molecule has 0 saturated carbocycles. The molecule has 20 heavy (non-hydrogen) atoms. The van der Waals surface area contributed by atoms with Crippen LogP contribution in [0.1, 0.15) is 23.9 Å². The molecule has 3 rings (SSSR count). The van der Waals surface area contributed by atoms with E-state index in [1.54, 1.807) is 0 Å². The Balaban J connectivity index is 2.13. The van der Waals surface area contributed by atoms with Crippen molar-refractivity contribution in [2.24, 2.45) is 0 Å². The van der Waals surface area contributed by atoms with Crippen molar-refractivity contribution in [3.8, 4) is 0 Å². The van der Waals surface area contributed by atoms with Crippen molar-refractivity contribution in [3.63, 3.8) is 0 Å². The minimum atomic E-state index is -0.679. The van der Waals surface area contributed by atoms with Gasteiger partial charge in [-0.3, -0.25) is 0 Å². The molecule has 0 bridgehead atoms. The van der Waals surface area contributed by atoms with Crippen molar-refractivity contribution in [1.29, 1.82) is 0 Å². The number of nitrogen functional groups attached to an aromatic ring is 1. The smallest absolute Gasteiger partial charge is 0.148 e. The number of rotatable bonds is 2. The standard InChI is InChI=1S/C13H18N4O3/c1-6-7(2)17(10-3-8(19)9(4-18)20-10)13-11(6)12(14)15-5-16-13/h5,8-10,18-19H,3-4H2,1-2H3,(H2,14,15,16)/t8-,9+,10+/m0/s1. The lowest BCUT2D eigenvalue weighted by Crippen LogP contribution is -2.24. The molecule has 1 saturated heterocycles. The molecule has 2 aromatic rings. The van der Waals surface area contributed by atoms with Crippen LogP contribution in [0.5, 0.6) is 0 Å². The highest BCUT2D eigenvalue weighted by Crippen LogP contribution is 2.36. The van der Waals surface area contributed by atoms with Gasteiger partial charge in [0, 0.05) is 12.1 Å².